The summed E-state index contributed by atoms with van der Waals surface area (Å²) < 4.78 is 0. The van der Waals surface area contributed by atoms with Crippen molar-refractivity contribution in [2.24, 2.45) is 0 Å². The molecule has 3 aromatic rings. The van der Waals surface area contributed by atoms with Gasteiger partial charge in [-0.3, -0.25) is 24.1 Å². The first-order valence-corrected chi connectivity index (χ1v) is 11.6. The van der Waals surface area contributed by atoms with Crippen LogP contribution in [0.3, 0.4) is 0 Å². The van der Waals surface area contributed by atoms with Gasteiger partial charge in [-0.15, -0.1) is 0 Å². The third-order valence-corrected chi connectivity index (χ3v) is 5.74. The summed E-state index contributed by atoms with van der Waals surface area (Å²) in [6.07, 6.45) is -0.349. The fourth-order valence-electron chi connectivity index (χ4n) is 4.29. The zero-order chi connectivity index (χ0) is 26.5. The molecule has 9 heteroatoms. The lowest BCUT2D eigenvalue weighted by atomic mass is 9.96. The Bertz CT molecular complexity index is 1370. The fraction of sp³-hybridized carbons (Fsp3) is 0.143. The molecule has 188 valence electrons. The van der Waals surface area contributed by atoms with E-state index in [4.69, 9.17) is 0 Å². The number of anilines is 4. The van der Waals surface area contributed by atoms with Gasteiger partial charge in [-0.25, -0.2) is 0 Å². The molecule has 0 radical (unpaired) electrons. The topological polar surface area (TPSA) is 128 Å². The predicted molar refractivity (Wildman–Crippen MR) is 141 cm³/mol. The van der Waals surface area contributed by atoms with Gasteiger partial charge in [0.05, 0.1) is 12.5 Å². The van der Waals surface area contributed by atoms with Crippen LogP contribution in [0, 0.1) is 0 Å². The van der Waals surface area contributed by atoms with Gasteiger partial charge in [0.25, 0.3) is 5.91 Å². The zero-order valence-electron chi connectivity index (χ0n) is 20.3. The largest absolute Gasteiger partial charge is 0.481 e. The maximum absolute atomic E-state index is 13.8. The summed E-state index contributed by atoms with van der Waals surface area (Å²) in [6.45, 7) is 2.82. The molecule has 3 amide bonds. The SMILES string of the molecule is CC(=O)Nc1ccc(NC2=C(CC(=O)O)C(c3ccccc3)N(c3ccc(NC(C)=O)cc3)C2=O)cc1. The van der Waals surface area contributed by atoms with Gasteiger partial charge >= 0.3 is 5.97 Å². The molecule has 1 unspecified atom stereocenters. The van der Waals surface area contributed by atoms with Crippen LogP contribution in [0.2, 0.25) is 0 Å². The Morgan fingerprint density at radius 3 is 1.81 bits per heavy atom. The van der Waals surface area contributed by atoms with E-state index in [1.807, 2.05) is 30.3 Å². The number of hydrogen-bond acceptors (Lipinski definition) is 5. The van der Waals surface area contributed by atoms with Gasteiger partial charge in [-0.2, -0.15) is 0 Å². The highest BCUT2D eigenvalue weighted by Gasteiger charge is 2.41. The quantitative estimate of drug-likeness (QED) is 0.361. The summed E-state index contributed by atoms with van der Waals surface area (Å²) in [5.74, 6) is -1.87. The molecule has 0 saturated carbocycles. The zero-order valence-corrected chi connectivity index (χ0v) is 20.3. The van der Waals surface area contributed by atoms with E-state index < -0.39 is 12.0 Å². The van der Waals surface area contributed by atoms with E-state index >= 15 is 0 Å². The fourth-order valence-corrected chi connectivity index (χ4v) is 4.29. The minimum Gasteiger partial charge on any atom is -0.481 e. The normalized spacial score (nSPS) is 14.9. The van der Waals surface area contributed by atoms with Gasteiger partial charge in [0.1, 0.15) is 5.70 Å². The lowest BCUT2D eigenvalue weighted by Crippen LogP contribution is -2.31. The van der Waals surface area contributed by atoms with E-state index in [0.717, 1.165) is 5.56 Å². The van der Waals surface area contributed by atoms with Crippen LogP contribution in [-0.4, -0.2) is 28.8 Å². The Labute approximate surface area is 213 Å². The lowest BCUT2D eigenvalue weighted by molar-refractivity contribution is -0.136. The van der Waals surface area contributed by atoms with Crippen LogP contribution in [0.15, 0.2) is 90.1 Å². The Kier molecular flexibility index (Phi) is 7.34. The summed E-state index contributed by atoms with van der Waals surface area (Å²) in [6, 6.07) is 22.1. The molecular weight excluding hydrogens is 472 g/mol. The Morgan fingerprint density at radius 1 is 0.784 bits per heavy atom. The van der Waals surface area contributed by atoms with Gasteiger partial charge < -0.3 is 21.1 Å². The summed E-state index contributed by atoms with van der Waals surface area (Å²) in [4.78, 5) is 50.0. The Hall–Kier alpha value is -4.92. The van der Waals surface area contributed by atoms with E-state index in [2.05, 4.69) is 16.0 Å². The Balaban J connectivity index is 1.76. The van der Waals surface area contributed by atoms with Gasteiger partial charge in [-0.1, -0.05) is 30.3 Å². The molecule has 1 aliphatic heterocycles. The van der Waals surface area contributed by atoms with E-state index in [0.29, 0.717) is 28.3 Å². The number of carbonyl (C=O) groups is 4. The molecule has 4 rings (SSSR count). The minimum atomic E-state index is -1.06. The highest BCUT2D eigenvalue weighted by Crippen LogP contribution is 2.43. The van der Waals surface area contributed by atoms with Crippen molar-refractivity contribution in [3.63, 3.8) is 0 Å². The average molecular weight is 499 g/mol. The number of carboxylic acids is 1. The van der Waals surface area contributed by atoms with Crippen molar-refractivity contribution in [2.75, 3.05) is 20.9 Å². The molecule has 0 fully saturated rings. The number of carboxylic acid groups (broad SMARTS) is 1. The van der Waals surface area contributed by atoms with Crippen LogP contribution < -0.4 is 20.9 Å². The van der Waals surface area contributed by atoms with Crippen LogP contribution in [0.4, 0.5) is 22.7 Å². The van der Waals surface area contributed by atoms with Crippen molar-refractivity contribution in [3.05, 3.63) is 95.7 Å². The van der Waals surface area contributed by atoms with Crippen LogP contribution >= 0.6 is 0 Å². The second-order valence-electron chi connectivity index (χ2n) is 8.57. The number of nitrogens with one attached hydrogen (secondary N) is 3. The van der Waals surface area contributed by atoms with Crippen LogP contribution in [-0.2, 0) is 19.2 Å². The van der Waals surface area contributed by atoms with Crippen LogP contribution in [0.5, 0.6) is 0 Å². The maximum atomic E-state index is 13.8. The molecule has 1 atom stereocenters. The first kappa shape index (κ1) is 25.2. The average Bonchev–Trinajstić information content (AvgIpc) is 3.11. The third-order valence-electron chi connectivity index (χ3n) is 5.74. The Morgan fingerprint density at radius 2 is 1.30 bits per heavy atom. The molecular formula is C28H26N4O5. The monoisotopic (exact) mass is 498 g/mol. The first-order valence-electron chi connectivity index (χ1n) is 11.6. The predicted octanol–water partition coefficient (Wildman–Crippen LogP) is 4.53. The standard InChI is InChI=1S/C28H26N4O5/c1-17(33)29-20-8-10-22(11-9-20)31-26-24(16-25(35)36)27(19-6-4-3-5-7-19)32(28(26)37)23-14-12-21(13-15-23)30-18(2)34/h3-15,27,31H,16H2,1-2H3,(H,29,33)(H,30,34)(H,35,36). The summed E-state index contributed by atoms with van der Waals surface area (Å²) in [5, 5.41) is 18.2. The summed E-state index contributed by atoms with van der Waals surface area (Å²) in [5.41, 5.74) is 3.64. The van der Waals surface area contributed by atoms with Crippen molar-refractivity contribution in [1.29, 1.82) is 0 Å². The van der Waals surface area contributed by atoms with E-state index in [-0.39, 0.29) is 29.8 Å². The molecule has 0 spiro atoms. The first-order chi connectivity index (χ1) is 17.7. The van der Waals surface area contributed by atoms with E-state index in [1.165, 1.54) is 13.8 Å². The number of carbonyl (C=O) groups excluding carboxylic acids is 3. The number of aliphatic carboxylic acids is 1. The molecule has 1 aliphatic rings. The molecule has 0 aliphatic carbocycles. The second kappa shape index (κ2) is 10.8. The lowest BCUT2D eigenvalue weighted by Gasteiger charge is -2.27. The smallest absolute Gasteiger partial charge is 0.307 e. The molecule has 37 heavy (non-hydrogen) atoms. The van der Waals surface area contributed by atoms with Gasteiger partial charge in [0.15, 0.2) is 0 Å². The highest BCUT2D eigenvalue weighted by atomic mass is 16.4. The number of nitrogens with zero attached hydrogens (tertiary/aromatic N) is 1. The van der Waals surface area contributed by atoms with Crippen molar-refractivity contribution in [3.8, 4) is 0 Å². The van der Waals surface area contributed by atoms with Crippen LogP contribution in [0.25, 0.3) is 0 Å². The molecule has 9 nitrogen and oxygen atoms in total. The third kappa shape index (κ3) is 5.84. The number of hydrogen-bond donors (Lipinski definition) is 4. The van der Waals surface area contributed by atoms with E-state index in [1.54, 1.807) is 53.4 Å². The number of rotatable bonds is 8. The second-order valence-corrected chi connectivity index (χ2v) is 8.57. The van der Waals surface area contributed by atoms with Crippen LogP contribution in [0.1, 0.15) is 31.9 Å². The highest BCUT2D eigenvalue weighted by molar-refractivity contribution is 6.12. The van der Waals surface area contributed by atoms with Crippen molar-refractivity contribution >= 4 is 46.4 Å². The maximum Gasteiger partial charge on any atom is 0.307 e. The summed E-state index contributed by atoms with van der Waals surface area (Å²) >= 11 is 0. The summed E-state index contributed by atoms with van der Waals surface area (Å²) in [7, 11) is 0. The molecule has 4 N–H and O–H groups in total. The molecule has 0 saturated heterocycles. The van der Waals surface area contributed by atoms with Crippen molar-refractivity contribution in [1.82, 2.24) is 0 Å². The number of amides is 3. The number of benzene rings is 3. The molecule has 0 bridgehead atoms. The van der Waals surface area contributed by atoms with Crippen molar-refractivity contribution < 1.29 is 24.3 Å². The molecule has 3 aromatic carbocycles. The van der Waals surface area contributed by atoms with Gasteiger partial charge in [0, 0.05) is 36.6 Å². The molecule has 1 heterocycles. The van der Waals surface area contributed by atoms with Gasteiger partial charge in [-0.05, 0) is 59.7 Å². The van der Waals surface area contributed by atoms with E-state index in [9.17, 15) is 24.3 Å². The minimum absolute atomic E-state index is 0.175. The molecule has 0 aromatic heterocycles. The van der Waals surface area contributed by atoms with Gasteiger partial charge in [0.2, 0.25) is 11.8 Å². The van der Waals surface area contributed by atoms with Crippen molar-refractivity contribution in [2.45, 2.75) is 26.3 Å².